The summed E-state index contributed by atoms with van der Waals surface area (Å²) in [6.45, 7) is 2.86. The van der Waals surface area contributed by atoms with Crippen molar-refractivity contribution in [1.82, 2.24) is 0 Å². The first-order valence-corrected chi connectivity index (χ1v) is 7.28. The molecule has 9 heteroatoms. The molecule has 0 bridgehead atoms. The number of nitrogens with zero attached hydrogens (tertiary/aromatic N) is 3. The van der Waals surface area contributed by atoms with E-state index in [2.05, 4.69) is 0 Å². The van der Waals surface area contributed by atoms with Crippen molar-refractivity contribution in [2.75, 3.05) is 24.6 Å². The average Bonchev–Trinajstić information content (AvgIpc) is 2.54. The van der Waals surface area contributed by atoms with Gasteiger partial charge in [-0.05, 0) is 25.8 Å². The molecular formula is C14H17N3O6. The Morgan fingerprint density at radius 1 is 1.35 bits per heavy atom. The molecule has 2 rings (SSSR count). The second-order valence-electron chi connectivity index (χ2n) is 5.22. The predicted molar refractivity (Wildman–Crippen MR) is 81.3 cm³/mol. The molecule has 0 saturated carbocycles. The zero-order valence-electron chi connectivity index (χ0n) is 12.6. The zero-order valence-corrected chi connectivity index (χ0v) is 12.6. The van der Waals surface area contributed by atoms with Crippen LogP contribution < -0.4 is 4.90 Å². The Balaban J connectivity index is 2.28. The number of anilines is 1. The summed E-state index contributed by atoms with van der Waals surface area (Å²) in [4.78, 5) is 34.3. The number of nitro benzene ring substituents is 2. The Hall–Kier alpha value is -2.71. The first kappa shape index (κ1) is 16.7. The number of piperidine rings is 1. The lowest BCUT2D eigenvalue weighted by molar-refractivity contribution is -0.393. The summed E-state index contributed by atoms with van der Waals surface area (Å²) in [7, 11) is 0. The summed E-state index contributed by atoms with van der Waals surface area (Å²) in [5.74, 6) is -0.666. The van der Waals surface area contributed by atoms with Crippen LogP contribution in [-0.2, 0) is 9.53 Å². The molecule has 1 aromatic rings. The molecule has 0 amide bonds. The summed E-state index contributed by atoms with van der Waals surface area (Å²) in [5, 5.41) is 22.0. The number of ether oxygens (including phenoxy) is 1. The average molecular weight is 323 g/mol. The number of carbonyl (C=O) groups excluding carboxylic acids is 1. The molecule has 0 radical (unpaired) electrons. The first-order valence-electron chi connectivity index (χ1n) is 7.28. The molecular weight excluding hydrogens is 306 g/mol. The highest BCUT2D eigenvalue weighted by Crippen LogP contribution is 2.34. The van der Waals surface area contributed by atoms with E-state index in [0.29, 0.717) is 25.9 Å². The number of hydrogen-bond donors (Lipinski definition) is 0. The molecule has 124 valence electrons. The van der Waals surface area contributed by atoms with Crippen molar-refractivity contribution in [3.8, 4) is 0 Å². The van der Waals surface area contributed by atoms with Crippen LogP contribution in [0.2, 0.25) is 0 Å². The minimum absolute atomic E-state index is 0.285. The lowest BCUT2D eigenvalue weighted by Gasteiger charge is -2.32. The minimum Gasteiger partial charge on any atom is -0.466 e. The van der Waals surface area contributed by atoms with Crippen LogP contribution in [0.15, 0.2) is 18.2 Å². The fraction of sp³-hybridized carbons (Fsp3) is 0.500. The van der Waals surface area contributed by atoms with E-state index in [-0.39, 0.29) is 35.6 Å². The smallest absolute Gasteiger partial charge is 0.310 e. The third kappa shape index (κ3) is 3.74. The standard InChI is InChI=1S/C14H17N3O6/c1-2-23-14(18)10-4-3-7-15(9-10)12-6-5-11(16(19)20)8-13(12)17(21)22/h5-6,8,10H,2-4,7,9H2,1H3. The maximum atomic E-state index is 11.9. The summed E-state index contributed by atoms with van der Waals surface area (Å²) in [6.07, 6.45) is 1.35. The molecule has 1 aliphatic rings. The summed E-state index contributed by atoms with van der Waals surface area (Å²) >= 11 is 0. The molecule has 1 unspecified atom stereocenters. The van der Waals surface area contributed by atoms with E-state index < -0.39 is 9.85 Å². The van der Waals surface area contributed by atoms with Gasteiger partial charge >= 0.3 is 5.97 Å². The van der Waals surface area contributed by atoms with Crippen LogP contribution in [0.1, 0.15) is 19.8 Å². The van der Waals surface area contributed by atoms with E-state index in [1.807, 2.05) is 0 Å². The van der Waals surface area contributed by atoms with Crippen LogP contribution in [0.4, 0.5) is 17.1 Å². The number of rotatable bonds is 5. The summed E-state index contributed by atoms with van der Waals surface area (Å²) < 4.78 is 5.01. The van der Waals surface area contributed by atoms with Gasteiger partial charge in [-0.1, -0.05) is 0 Å². The number of nitro groups is 2. The van der Waals surface area contributed by atoms with E-state index in [1.165, 1.54) is 12.1 Å². The van der Waals surface area contributed by atoms with Crippen molar-refractivity contribution in [1.29, 1.82) is 0 Å². The van der Waals surface area contributed by atoms with Crippen LogP contribution in [0, 0.1) is 26.1 Å². The Bertz CT molecular complexity index is 633. The third-order valence-corrected chi connectivity index (χ3v) is 3.75. The molecule has 1 aromatic carbocycles. The number of esters is 1. The van der Waals surface area contributed by atoms with Crippen LogP contribution in [-0.4, -0.2) is 35.5 Å². The van der Waals surface area contributed by atoms with Gasteiger partial charge in [0, 0.05) is 19.2 Å². The topological polar surface area (TPSA) is 116 Å². The molecule has 0 aromatic heterocycles. The molecule has 0 spiro atoms. The maximum absolute atomic E-state index is 11.9. The van der Waals surface area contributed by atoms with E-state index in [9.17, 15) is 25.0 Å². The third-order valence-electron chi connectivity index (χ3n) is 3.75. The number of non-ortho nitro benzene ring substituents is 1. The molecule has 1 fully saturated rings. The number of hydrogen-bond acceptors (Lipinski definition) is 7. The normalized spacial score (nSPS) is 17.6. The van der Waals surface area contributed by atoms with Crippen molar-refractivity contribution in [3.63, 3.8) is 0 Å². The van der Waals surface area contributed by atoms with Crippen molar-refractivity contribution in [2.45, 2.75) is 19.8 Å². The van der Waals surface area contributed by atoms with Crippen molar-refractivity contribution < 1.29 is 19.4 Å². The van der Waals surface area contributed by atoms with Gasteiger partial charge in [-0.25, -0.2) is 0 Å². The lowest BCUT2D eigenvalue weighted by atomic mass is 9.97. The van der Waals surface area contributed by atoms with Crippen molar-refractivity contribution in [3.05, 3.63) is 38.4 Å². The Labute approximate surface area is 132 Å². The van der Waals surface area contributed by atoms with Gasteiger partial charge in [0.15, 0.2) is 0 Å². The molecule has 0 N–H and O–H groups in total. The van der Waals surface area contributed by atoms with Crippen LogP contribution in [0.25, 0.3) is 0 Å². The summed E-state index contributed by atoms with van der Waals surface area (Å²) in [5.41, 5.74) is -0.377. The van der Waals surface area contributed by atoms with E-state index >= 15 is 0 Å². The van der Waals surface area contributed by atoms with Crippen LogP contribution in [0.5, 0.6) is 0 Å². The van der Waals surface area contributed by atoms with Crippen molar-refractivity contribution in [2.24, 2.45) is 5.92 Å². The lowest BCUT2D eigenvalue weighted by Crippen LogP contribution is -2.39. The van der Waals surface area contributed by atoms with E-state index in [0.717, 1.165) is 6.07 Å². The monoisotopic (exact) mass is 323 g/mol. The summed E-state index contributed by atoms with van der Waals surface area (Å²) in [6, 6.07) is 3.55. The number of carbonyl (C=O) groups is 1. The molecule has 9 nitrogen and oxygen atoms in total. The van der Waals surface area contributed by atoms with Gasteiger partial charge in [0.05, 0.1) is 28.4 Å². The van der Waals surface area contributed by atoms with Gasteiger partial charge in [0.1, 0.15) is 5.69 Å². The van der Waals surface area contributed by atoms with Gasteiger partial charge in [-0.15, -0.1) is 0 Å². The number of benzene rings is 1. The molecule has 1 heterocycles. The van der Waals surface area contributed by atoms with Gasteiger partial charge in [-0.3, -0.25) is 25.0 Å². The fourth-order valence-corrected chi connectivity index (χ4v) is 2.69. The molecule has 1 aliphatic heterocycles. The van der Waals surface area contributed by atoms with Gasteiger partial charge in [0.25, 0.3) is 11.4 Å². The van der Waals surface area contributed by atoms with E-state index in [1.54, 1.807) is 11.8 Å². The molecule has 23 heavy (non-hydrogen) atoms. The highest BCUT2D eigenvalue weighted by atomic mass is 16.6. The predicted octanol–water partition coefficient (Wildman–Crippen LogP) is 2.28. The highest BCUT2D eigenvalue weighted by molar-refractivity contribution is 5.75. The first-order chi connectivity index (χ1) is 10.9. The van der Waals surface area contributed by atoms with Gasteiger partial charge in [-0.2, -0.15) is 0 Å². The zero-order chi connectivity index (χ0) is 17.0. The molecule has 1 atom stereocenters. The largest absolute Gasteiger partial charge is 0.466 e. The van der Waals surface area contributed by atoms with Crippen LogP contribution >= 0.6 is 0 Å². The minimum atomic E-state index is -0.672. The Kier molecular flexibility index (Phi) is 5.09. The van der Waals surface area contributed by atoms with E-state index in [4.69, 9.17) is 4.74 Å². The Morgan fingerprint density at radius 2 is 2.09 bits per heavy atom. The Morgan fingerprint density at radius 3 is 2.70 bits per heavy atom. The molecule has 0 aliphatic carbocycles. The van der Waals surface area contributed by atoms with Crippen molar-refractivity contribution >= 4 is 23.0 Å². The SMILES string of the molecule is CCOC(=O)C1CCCN(c2ccc([N+](=O)[O-])cc2[N+](=O)[O-])C1. The van der Waals surface area contributed by atoms with Crippen LogP contribution in [0.3, 0.4) is 0 Å². The highest BCUT2D eigenvalue weighted by Gasteiger charge is 2.31. The van der Waals surface area contributed by atoms with Gasteiger partial charge < -0.3 is 9.64 Å². The maximum Gasteiger partial charge on any atom is 0.310 e. The molecule has 1 saturated heterocycles. The van der Waals surface area contributed by atoms with Gasteiger partial charge in [0.2, 0.25) is 0 Å². The second kappa shape index (κ2) is 7.03. The fourth-order valence-electron chi connectivity index (χ4n) is 2.69. The quantitative estimate of drug-likeness (QED) is 0.463. The second-order valence-corrected chi connectivity index (χ2v) is 5.22.